The highest BCUT2D eigenvalue weighted by Crippen LogP contribution is 2.12. The van der Waals surface area contributed by atoms with Gasteiger partial charge in [-0.25, -0.2) is 4.79 Å². The summed E-state index contributed by atoms with van der Waals surface area (Å²) >= 11 is 0. The van der Waals surface area contributed by atoms with Gasteiger partial charge in [0.1, 0.15) is 6.04 Å². The molecule has 3 amide bonds. The maximum atomic E-state index is 12.2. The first kappa shape index (κ1) is 16.2. The molecule has 0 aliphatic carbocycles. The number of aliphatic carboxylic acids is 1. The fraction of sp³-hybridized carbons (Fsp3) is 0.750. The summed E-state index contributed by atoms with van der Waals surface area (Å²) in [5, 5.41) is 11.4. The van der Waals surface area contributed by atoms with Gasteiger partial charge in [-0.15, -0.1) is 0 Å². The Hall–Kier alpha value is -1.83. The highest BCUT2D eigenvalue weighted by Gasteiger charge is 2.31. The first-order valence-electron chi connectivity index (χ1n) is 6.49. The van der Waals surface area contributed by atoms with E-state index in [1.54, 1.807) is 13.8 Å². The van der Waals surface area contributed by atoms with Gasteiger partial charge in [0, 0.05) is 6.54 Å². The summed E-state index contributed by atoms with van der Waals surface area (Å²) in [6, 6.07) is -1.81. The Bertz CT molecular complexity index is 385. The van der Waals surface area contributed by atoms with Crippen molar-refractivity contribution in [2.45, 2.75) is 32.4 Å². The van der Waals surface area contributed by atoms with Gasteiger partial charge >= 0.3 is 12.0 Å². The van der Waals surface area contributed by atoms with E-state index in [0.29, 0.717) is 6.61 Å². The summed E-state index contributed by atoms with van der Waals surface area (Å²) < 4.78 is 5.19. The molecule has 0 spiro atoms. The summed E-state index contributed by atoms with van der Waals surface area (Å²) in [5.41, 5.74) is 5.24. The molecule has 1 aliphatic rings. The fourth-order valence-electron chi connectivity index (χ4n) is 2.08. The Morgan fingerprint density at radius 1 is 1.45 bits per heavy atom. The normalized spacial score (nSPS) is 20.6. The van der Waals surface area contributed by atoms with Crippen molar-refractivity contribution in [1.82, 2.24) is 10.2 Å². The maximum absolute atomic E-state index is 12.2. The van der Waals surface area contributed by atoms with Gasteiger partial charge in [0.05, 0.1) is 25.7 Å². The molecule has 0 aromatic carbocycles. The maximum Gasteiger partial charge on any atom is 0.318 e. The summed E-state index contributed by atoms with van der Waals surface area (Å²) in [6.45, 7) is 4.33. The monoisotopic (exact) mass is 287 g/mol. The summed E-state index contributed by atoms with van der Waals surface area (Å²) in [5.74, 6) is -1.76. The third kappa shape index (κ3) is 4.37. The zero-order chi connectivity index (χ0) is 15.3. The lowest BCUT2D eigenvalue weighted by Crippen LogP contribution is -2.57. The van der Waals surface area contributed by atoms with E-state index in [1.165, 1.54) is 4.90 Å². The van der Waals surface area contributed by atoms with Crippen LogP contribution in [0.2, 0.25) is 0 Å². The van der Waals surface area contributed by atoms with E-state index < -0.39 is 30.0 Å². The number of carbonyl (C=O) groups is 3. The lowest BCUT2D eigenvalue weighted by molar-refractivity contribution is -0.139. The van der Waals surface area contributed by atoms with Crippen molar-refractivity contribution in [2.24, 2.45) is 11.7 Å². The van der Waals surface area contributed by atoms with Gasteiger partial charge in [0.2, 0.25) is 5.91 Å². The quantitative estimate of drug-likeness (QED) is 0.622. The lowest BCUT2D eigenvalue weighted by atomic mass is 10.0. The van der Waals surface area contributed by atoms with Gasteiger partial charge < -0.3 is 25.8 Å². The number of carboxylic acids is 1. The van der Waals surface area contributed by atoms with E-state index in [-0.39, 0.29) is 25.5 Å². The second kappa shape index (κ2) is 7.09. The molecule has 2 unspecified atom stereocenters. The molecule has 0 aromatic rings. The molecule has 0 saturated carbocycles. The lowest BCUT2D eigenvalue weighted by Gasteiger charge is -2.36. The van der Waals surface area contributed by atoms with Crippen LogP contribution in [-0.4, -0.2) is 59.8 Å². The Labute approximate surface area is 117 Å². The first-order valence-corrected chi connectivity index (χ1v) is 6.49. The van der Waals surface area contributed by atoms with Crippen molar-refractivity contribution in [1.29, 1.82) is 0 Å². The van der Waals surface area contributed by atoms with Crippen LogP contribution < -0.4 is 11.1 Å². The number of hydrogen-bond donors (Lipinski definition) is 3. The summed E-state index contributed by atoms with van der Waals surface area (Å²) in [6.07, 6.45) is -0.198. The van der Waals surface area contributed by atoms with E-state index in [2.05, 4.69) is 5.32 Å². The minimum absolute atomic E-state index is 0.143. The predicted octanol–water partition coefficient (Wildman–Crippen LogP) is -0.619. The molecule has 1 rings (SSSR count). The number of hydrogen-bond acceptors (Lipinski definition) is 4. The highest BCUT2D eigenvalue weighted by atomic mass is 16.5. The molecular formula is C12H21N3O5. The van der Waals surface area contributed by atoms with Crippen molar-refractivity contribution in [3.8, 4) is 0 Å². The third-order valence-electron chi connectivity index (χ3n) is 3.15. The van der Waals surface area contributed by atoms with Crippen LogP contribution in [0.5, 0.6) is 0 Å². The standard InChI is InChI=1S/C12H21N3O5/c1-7(2)10(11(13)18)14-12(19)15-3-4-20-6-8(15)5-9(16)17/h7-8,10H,3-6H2,1-2H3,(H2,13,18)(H,14,19)(H,16,17). The van der Waals surface area contributed by atoms with Crippen molar-refractivity contribution >= 4 is 17.9 Å². The number of rotatable bonds is 5. The Kier molecular flexibility index (Phi) is 5.75. The van der Waals surface area contributed by atoms with Crippen LogP contribution in [0.4, 0.5) is 4.79 Å². The van der Waals surface area contributed by atoms with Gasteiger partial charge in [0.15, 0.2) is 0 Å². The summed E-state index contributed by atoms with van der Waals surface area (Å²) in [7, 11) is 0. The van der Waals surface area contributed by atoms with Gasteiger partial charge in [-0.05, 0) is 5.92 Å². The van der Waals surface area contributed by atoms with Gasteiger partial charge in [0.25, 0.3) is 0 Å². The zero-order valence-corrected chi connectivity index (χ0v) is 11.7. The van der Waals surface area contributed by atoms with Crippen LogP contribution in [0.3, 0.4) is 0 Å². The van der Waals surface area contributed by atoms with Gasteiger partial charge in [-0.2, -0.15) is 0 Å². The molecule has 1 aliphatic heterocycles. The number of nitrogens with zero attached hydrogens (tertiary/aromatic N) is 1. The molecule has 20 heavy (non-hydrogen) atoms. The number of nitrogens with one attached hydrogen (secondary N) is 1. The summed E-state index contributed by atoms with van der Waals surface area (Å²) in [4.78, 5) is 35.6. The Balaban J connectivity index is 2.71. The average Bonchev–Trinajstić information content (AvgIpc) is 2.34. The Morgan fingerprint density at radius 2 is 2.10 bits per heavy atom. The van der Waals surface area contributed by atoms with Gasteiger partial charge in [-0.1, -0.05) is 13.8 Å². The molecule has 0 bridgehead atoms. The number of carboxylic acid groups (broad SMARTS) is 1. The largest absolute Gasteiger partial charge is 0.481 e. The fourth-order valence-corrected chi connectivity index (χ4v) is 2.08. The van der Waals surface area contributed by atoms with Crippen LogP contribution in [0, 0.1) is 5.92 Å². The van der Waals surface area contributed by atoms with E-state index in [1.807, 2.05) is 0 Å². The first-order chi connectivity index (χ1) is 9.32. The molecule has 1 fully saturated rings. The SMILES string of the molecule is CC(C)C(NC(=O)N1CCOCC1CC(=O)O)C(N)=O. The van der Waals surface area contributed by atoms with Crippen molar-refractivity contribution in [2.75, 3.05) is 19.8 Å². The van der Waals surface area contributed by atoms with Crippen LogP contribution >= 0.6 is 0 Å². The molecule has 8 heteroatoms. The topological polar surface area (TPSA) is 122 Å². The number of morpholine rings is 1. The second-order valence-corrected chi connectivity index (χ2v) is 5.09. The minimum Gasteiger partial charge on any atom is -0.481 e. The number of carbonyl (C=O) groups excluding carboxylic acids is 2. The average molecular weight is 287 g/mol. The molecule has 2 atom stereocenters. The van der Waals surface area contributed by atoms with E-state index >= 15 is 0 Å². The van der Waals surface area contributed by atoms with E-state index in [0.717, 1.165) is 0 Å². The van der Waals surface area contributed by atoms with Crippen LogP contribution in [0.1, 0.15) is 20.3 Å². The molecule has 1 saturated heterocycles. The highest BCUT2D eigenvalue weighted by molar-refractivity contribution is 5.86. The van der Waals surface area contributed by atoms with Crippen molar-refractivity contribution < 1.29 is 24.2 Å². The Morgan fingerprint density at radius 3 is 2.60 bits per heavy atom. The second-order valence-electron chi connectivity index (χ2n) is 5.09. The van der Waals surface area contributed by atoms with Crippen LogP contribution in [0.25, 0.3) is 0 Å². The number of ether oxygens (including phenoxy) is 1. The van der Waals surface area contributed by atoms with Crippen LogP contribution in [-0.2, 0) is 14.3 Å². The molecule has 0 aromatic heterocycles. The molecule has 1 heterocycles. The van der Waals surface area contributed by atoms with E-state index in [4.69, 9.17) is 15.6 Å². The number of primary amides is 1. The molecule has 0 radical (unpaired) electrons. The molecular weight excluding hydrogens is 266 g/mol. The predicted molar refractivity (Wildman–Crippen MR) is 69.9 cm³/mol. The van der Waals surface area contributed by atoms with E-state index in [9.17, 15) is 14.4 Å². The van der Waals surface area contributed by atoms with Crippen molar-refractivity contribution in [3.05, 3.63) is 0 Å². The third-order valence-corrected chi connectivity index (χ3v) is 3.15. The molecule has 114 valence electrons. The number of nitrogens with two attached hydrogens (primary N) is 1. The molecule has 4 N–H and O–H groups in total. The number of urea groups is 1. The smallest absolute Gasteiger partial charge is 0.318 e. The zero-order valence-electron chi connectivity index (χ0n) is 11.7. The van der Waals surface area contributed by atoms with Gasteiger partial charge in [-0.3, -0.25) is 9.59 Å². The molecule has 8 nitrogen and oxygen atoms in total. The van der Waals surface area contributed by atoms with Crippen LogP contribution in [0.15, 0.2) is 0 Å². The minimum atomic E-state index is -1.01. The number of amides is 3. The van der Waals surface area contributed by atoms with Crippen molar-refractivity contribution in [3.63, 3.8) is 0 Å².